The Morgan fingerprint density at radius 3 is 2.36 bits per heavy atom. The van der Waals surface area contributed by atoms with Crippen molar-refractivity contribution in [2.45, 2.75) is 52.5 Å². The van der Waals surface area contributed by atoms with Crippen LogP contribution in [0.5, 0.6) is 0 Å². The first-order chi connectivity index (χ1) is 6.32. The van der Waals surface area contributed by atoms with Crippen LogP contribution in [-0.4, -0.2) is 17.1 Å². The molecule has 2 atom stereocenters. The number of hydrogen-bond donors (Lipinski definition) is 2. The van der Waals surface area contributed by atoms with E-state index in [-0.39, 0.29) is 23.3 Å². The summed E-state index contributed by atoms with van der Waals surface area (Å²) >= 11 is 0. The Labute approximate surface area is 85.7 Å². The molecule has 0 bridgehead atoms. The zero-order chi connectivity index (χ0) is 11.0. The van der Waals surface area contributed by atoms with Crippen LogP contribution in [-0.2, 0) is 4.79 Å². The summed E-state index contributed by atoms with van der Waals surface area (Å²) in [5, 5.41) is 8.96. The minimum Gasteiger partial charge on any atom is -0.481 e. The summed E-state index contributed by atoms with van der Waals surface area (Å²) < 4.78 is 0. The SMILES string of the molecule is CC(N)C1(CC(=O)O)CCCC1(C)C. The van der Waals surface area contributed by atoms with Crippen LogP contribution < -0.4 is 5.73 Å². The predicted octanol–water partition coefficient (Wildman–Crippen LogP) is 2.00. The van der Waals surface area contributed by atoms with Gasteiger partial charge < -0.3 is 10.8 Å². The number of carboxylic acids is 1. The standard InChI is InChI=1S/C11H21NO2/c1-8(12)11(7-9(13)14)6-4-5-10(11,2)3/h8H,4-7,12H2,1-3H3,(H,13,14). The molecule has 0 aliphatic heterocycles. The van der Waals surface area contributed by atoms with Crippen molar-refractivity contribution in [2.75, 3.05) is 0 Å². The summed E-state index contributed by atoms with van der Waals surface area (Å²) in [6, 6.07) is -0.0453. The average molecular weight is 199 g/mol. The van der Waals surface area contributed by atoms with Gasteiger partial charge in [-0.05, 0) is 25.2 Å². The second-order valence-electron chi connectivity index (χ2n) is 5.25. The quantitative estimate of drug-likeness (QED) is 0.730. The number of aliphatic carboxylic acids is 1. The Morgan fingerprint density at radius 1 is 1.50 bits per heavy atom. The fourth-order valence-corrected chi connectivity index (χ4v) is 3.04. The third-order valence-corrected chi connectivity index (χ3v) is 4.11. The molecule has 0 spiro atoms. The highest BCUT2D eigenvalue weighted by molar-refractivity contribution is 5.68. The van der Waals surface area contributed by atoms with Gasteiger partial charge in [0.05, 0.1) is 6.42 Å². The van der Waals surface area contributed by atoms with Crippen LogP contribution in [0.4, 0.5) is 0 Å². The van der Waals surface area contributed by atoms with E-state index in [1.165, 1.54) is 0 Å². The van der Waals surface area contributed by atoms with Gasteiger partial charge in [-0.3, -0.25) is 4.79 Å². The highest BCUT2D eigenvalue weighted by Crippen LogP contribution is 2.56. The maximum Gasteiger partial charge on any atom is 0.303 e. The molecule has 0 amide bonds. The van der Waals surface area contributed by atoms with Crippen molar-refractivity contribution in [1.82, 2.24) is 0 Å². The minimum absolute atomic E-state index is 0.0453. The van der Waals surface area contributed by atoms with Gasteiger partial charge in [0.25, 0.3) is 0 Å². The summed E-state index contributed by atoms with van der Waals surface area (Å²) in [6.07, 6.45) is 3.34. The van der Waals surface area contributed by atoms with E-state index in [0.717, 1.165) is 19.3 Å². The summed E-state index contributed by atoms with van der Waals surface area (Å²) in [7, 11) is 0. The van der Waals surface area contributed by atoms with Crippen molar-refractivity contribution in [1.29, 1.82) is 0 Å². The van der Waals surface area contributed by atoms with Crippen LogP contribution in [0.15, 0.2) is 0 Å². The first-order valence-corrected chi connectivity index (χ1v) is 5.29. The maximum absolute atomic E-state index is 10.9. The van der Waals surface area contributed by atoms with Crippen LogP contribution in [0, 0.1) is 10.8 Å². The normalized spacial score (nSPS) is 32.9. The van der Waals surface area contributed by atoms with E-state index in [9.17, 15) is 4.79 Å². The number of hydrogen-bond acceptors (Lipinski definition) is 2. The summed E-state index contributed by atoms with van der Waals surface area (Å²) in [4.78, 5) is 10.9. The van der Waals surface area contributed by atoms with Crippen LogP contribution in [0.1, 0.15) is 46.5 Å². The van der Waals surface area contributed by atoms with Gasteiger partial charge in [0.1, 0.15) is 0 Å². The topological polar surface area (TPSA) is 63.3 Å². The fourth-order valence-electron chi connectivity index (χ4n) is 3.04. The van der Waals surface area contributed by atoms with Crippen molar-refractivity contribution in [2.24, 2.45) is 16.6 Å². The molecule has 0 aromatic rings. The third-order valence-electron chi connectivity index (χ3n) is 4.11. The molecule has 2 unspecified atom stereocenters. The fraction of sp³-hybridized carbons (Fsp3) is 0.909. The Kier molecular flexibility index (Phi) is 2.91. The van der Waals surface area contributed by atoms with Gasteiger partial charge in [0, 0.05) is 11.5 Å². The highest BCUT2D eigenvalue weighted by Gasteiger charge is 2.51. The van der Waals surface area contributed by atoms with Crippen LogP contribution >= 0.6 is 0 Å². The Bertz CT molecular complexity index is 235. The number of carboxylic acid groups (broad SMARTS) is 1. The Morgan fingerprint density at radius 2 is 2.07 bits per heavy atom. The molecule has 0 aromatic carbocycles. The van der Waals surface area contributed by atoms with Crippen LogP contribution in [0.25, 0.3) is 0 Å². The molecule has 0 aromatic heterocycles. The van der Waals surface area contributed by atoms with Gasteiger partial charge >= 0.3 is 5.97 Å². The van der Waals surface area contributed by atoms with Gasteiger partial charge in [-0.2, -0.15) is 0 Å². The lowest BCUT2D eigenvalue weighted by molar-refractivity contribution is -0.142. The average Bonchev–Trinajstić information content (AvgIpc) is 2.26. The van der Waals surface area contributed by atoms with E-state index < -0.39 is 5.97 Å². The van der Waals surface area contributed by atoms with Crippen molar-refractivity contribution >= 4 is 5.97 Å². The molecular formula is C11H21NO2. The molecule has 1 fully saturated rings. The lowest BCUT2D eigenvalue weighted by Crippen LogP contribution is -2.48. The first-order valence-electron chi connectivity index (χ1n) is 5.29. The van der Waals surface area contributed by atoms with Crippen molar-refractivity contribution in [3.63, 3.8) is 0 Å². The molecule has 3 nitrogen and oxygen atoms in total. The van der Waals surface area contributed by atoms with E-state index in [0.29, 0.717) is 0 Å². The van der Waals surface area contributed by atoms with E-state index in [2.05, 4.69) is 13.8 Å². The van der Waals surface area contributed by atoms with Crippen LogP contribution in [0.3, 0.4) is 0 Å². The lowest BCUT2D eigenvalue weighted by atomic mass is 9.62. The molecule has 1 saturated carbocycles. The molecular weight excluding hydrogens is 178 g/mol. The molecule has 14 heavy (non-hydrogen) atoms. The number of carbonyl (C=O) groups is 1. The second-order valence-corrected chi connectivity index (χ2v) is 5.25. The van der Waals surface area contributed by atoms with Gasteiger partial charge in [-0.15, -0.1) is 0 Å². The number of rotatable bonds is 3. The zero-order valence-corrected chi connectivity index (χ0v) is 9.34. The summed E-state index contributed by atoms with van der Waals surface area (Å²) in [5.41, 5.74) is 5.84. The molecule has 1 rings (SSSR count). The molecule has 0 saturated heterocycles. The summed E-state index contributed by atoms with van der Waals surface area (Å²) in [6.45, 7) is 6.23. The van der Waals surface area contributed by atoms with Gasteiger partial charge in [-0.25, -0.2) is 0 Å². The lowest BCUT2D eigenvalue weighted by Gasteiger charge is -2.44. The highest BCUT2D eigenvalue weighted by atomic mass is 16.4. The molecule has 0 radical (unpaired) electrons. The monoisotopic (exact) mass is 199 g/mol. The second kappa shape index (κ2) is 3.54. The van der Waals surface area contributed by atoms with E-state index in [4.69, 9.17) is 10.8 Å². The van der Waals surface area contributed by atoms with E-state index in [1.54, 1.807) is 0 Å². The molecule has 1 aliphatic carbocycles. The molecule has 1 aliphatic rings. The van der Waals surface area contributed by atoms with E-state index >= 15 is 0 Å². The van der Waals surface area contributed by atoms with Gasteiger partial charge in [0.2, 0.25) is 0 Å². The van der Waals surface area contributed by atoms with Gasteiger partial charge in [-0.1, -0.05) is 20.3 Å². The molecule has 3 heteroatoms. The van der Waals surface area contributed by atoms with Crippen molar-refractivity contribution in [3.8, 4) is 0 Å². The Balaban J connectivity index is 2.97. The largest absolute Gasteiger partial charge is 0.481 e. The predicted molar refractivity (Wildman–Crippen MR) is 56.0 cm³/mol. The molecule has 82 valence electrons. The minimum atomic E-state index is -0.725. The Hall–Kier alpha value is -0.570. The molecule has 3 N–H and O–H groups in total. The van der Waals surface area contributed by atoms with Crippen molar-refractivity contribution in [3.05, 3.63) is 0 Å². The van der Waals surface area contributed by atoms with Crippen molar-refractivity contribution < 1.29 is 9.90 Å². The van der Waals surface area contributed by atoms with Gasteiger partial charge in [0.15, 0.2) is 0 Å². The number of nitrogens with two attached hydrogens (primary N) is 1. The summed E-state index contributed by atoms with van der Waals surface area (Å²) in [5.74, 6) is -0.725. The zero-order valence-electron chi connectivity index (χ0n) is 9.34. The van der Waals surface area contributed by atoms with Crippen LogP contribution in [0.2, 0.25) is 0 Å². The smallest absolute Gasteiger partial charge is 0.303 e. The first kappa shape index (κ1) is 11.5. The van der Waals surface area contributed by atoms with E-state index in [1.807, 2.05) is 6.92 Å². The maximum atomic E-state index is 10.9. The molecule has 0 heterocycles. The third kappa shape index (κ3) is 1.65.